The molecule has 1 fully saturated rings. The van der Waals surface area contributed by atoms with E-state index in [0.717, 1.165) is 63.9 Å². The molecule has 3 heterocycles. The summed E-state index contributed by atoms with van der Waals surface area (Å²) in [6, 6.07) is 10.6. The fraction of sp³-hybridized carbons (Fsp3) is 0.435. The zero-order valence-corrected chi connectivity index (χ0v) is 17.8. The number of amides is 1. The van der Waals surface area contributed by atoms with Gasteiger partial charge in [-0.15, -0.1) is 11.3 Å². The molecule has 1 N–H and O–H groups in total. The second-order valence-electron chi connectivity index (χ2n) is 8.28. The van der Waals surface area contributed by atoms with Gasteiger partial charge in [-0.25, -0.2) is 4.98 Å². The Hall–Kier alpha value is -2.51. The maximum atomic E-state index is 13.1. The number of hydrogen-bond donors (Lipinski definition) is 1. The molecule has 1 aliphatic heterocycles. The molecule has 30 heavy (non-hydrogen) atoms. The Morgan fingerprint density at radius 3 is 2.70 bits per heavy atom. The van der Waals surface area contributed by atoms with Crippen molar-refractivity contribution in [2.24, 2.45) is 0 Å². The van der Waals surface area contributed by atoms with Crippen molar-refractivity contribution < 1.29 is 4.79 Å². The first-order valence-corrected chi connectivity index (χ1v) is 11.6. The van der Waals surface area contributed by atoms with Crippen molar-refractivity contribution in [3.8, 4) is 0 Å². The van der Waals surface area contributed by atoms with Crippen molar-refractivity contribution in [2.45, 2.75) is 51.1 Å². The van der Waals surface area contributed by atoms with Crippen LogP contribution in [0.3, 0.4) is 0 Å². The van der Waals surface area contributed by atoms with E-state index in [9.17, 15) is 9.59 Å². The summed E-state index contributed by atoms with van der Waals surface area (Å²) in [4.78, 5) is 34.7. The first-order chi connectivity index (χ1) is 14.7. The van der Waals surface area contributed by atoms with E-state index in [1.807, 2.05) is 6.07 Å². The van der Waals surface area contributed by atoms with Crippen molar-refractivity contribution in [2.75, 3.05) is 13.1 Å². The van der Waals surface area contributed by atoms with Crippen LogP contribution in [0.2, 0.25) is 0 Å². The molecule has 2 aromatic heterocycles. The number of likely N-dealkylation sites (tertiary alicyclic amines) is 1. The first kappa shape index (κ1) is 19.5. The fourth-order valence-electron chi connectivity index (χ4n) is 4.56. The number of rotatable bonds is 4. The molecular weight excluding hydrogens is 396 g/mol. The van der Waals surface area contributed by atoms with Crippen LogP contribution < -0.4 is 10.9 Å². The summed E-state index contributed by atoms with van der Waals surface area (Å²) < 4.78 is 1.68. The molecular formula is C23H26N4O2S. The highest BCUT2D eigenvalue weighted by Gasteiger charge is 2.25. The molecule has 0 bridgehead atoms. The van der Waals surface area contributed by atoms with Crippen LogP contribution in [-0.2, 0) is 19.4 Å². The van der Waals surface area contributed by atoms with E-state index in [4.69, 9.17) is 0 Å². The van der Waals surface area contributed by atoms with Crippen LogP contribution in [0.4, 0.5) is 0 Å². The molecule has 0 spiro atoms. The van der Waals surface area contributed by atoms with Gasteiger partial charge < -0.3 is 5.32 Å². The number of aromatic nitrogens is 2. The summed E-state index contributed by atoms with van der Waals surface area (Å²) in [6.07, 6.45) is 7.38. The normalized spacial score (nSPS) is 17.7. The standard InChI is InChI=1S/C23H26N4O2S/c28-21(25-17-10-12-26(13-11-17)15-16-6-2-1-3-7-16)18-14-24-23-27(22(18)29)19-8-4-5-9-20(19)30-23/h1-3,6-7,14,17H,4-5,8-13,15H2,(H,25,28). The van der Waals surface area contributed by atoms with E-state index in [0.29, 0.717) is 4.96 Å². The zero-order valence-electron chi connectivity index (χ0n) is 17.0. The first-order valence-electron chi connectivity index (χ1n) is 10.8. The monoisotopic (exact) mass is 422 g/mol. The molecule has 1 aromatic carbocycles. The predicted octanol–water partition coefficient (Wildman–Crippen LogP) is 3.03. The van der Waals surface area contributed by atoms with E-state index in [2.05, 4.69) is 39.5 Å². The Kier molecular flexibility index (Phi) is 5.39. The van der Waals surface area contributed by atoms with E-state index in [1.54, 1.807) is 15.7 Å². The average molecular weight is 423 g/mol. The van der Waals surface area contributed by atoms with Gasteiger partial charge in [0.25, 0.3) is 11.5 Å². The number of fused-ring (bicyclic) bond motifs is 3. The van der Waals surface area contributed by atoms with Gasteiger partial charge in [-0.3, -0.25) is 18.9 Å². The second-order valence-corrected chi connectivity index (χ2v) is 9.35. The fourth-order valence-corrected chi connectivity index (χ4v) is 5.73. The molecule has 2 aliphatic rings. The van der Waals surface area contributed by atoms with Crippen molar-refractivity contribution in [3.05, 3.63) is 68.6 Å². The van der Waals surface area contributed by atoms with E-state index in [1.165, 1.54) is 16.6 Å². The van der Waals surface area contributed by atoms with Crippen molar-refractivity contribution in [1.82, 2.24) is 19.6 Å². The smallest absolute Gasteiger partial charge is 0.271 e. The number of hydrogen-bond acceptors (Lipinski definition) is 5. The minimum atomic E-state index is -0.292. The number of thiazole rings is 1. The zero-order chi connectivity index (χ0) is 20.5. The lowest BCUT2D eigenvalue weighted by Gasteiger charge is -2.32. The number of carbonyl (C=O) groups is 1. The van der Waals surface area contributed by atoms with E-state index < -0.39 is 0 Å². The van der Waals surface area contributed by atoms with Gasteiger partial charge in [-0.2, -0.15) is 0 Å². The quantitative estimate of drug-likeness (QED) is 0.702. The van der Waals surface area contributed by atoms with Gasteiger partial charge >= 0.3 is 0 Å². The van der Waals surface area contributed by atoms with Gasteiger partial charge in [0.1, 0.15) is 5.56 Å². The number of carbonyl (C=O) groups excluding carboxylic acids is 1. The topological polar surface area (TPSA) is 66.7 Å². The summed E-state index contributed by atoms with van der Waals surface area (Å²) in [5, 5.41) is 3.08. The summed E-state index contributed by atoms with van der Waals surface area (Å²) >= 11 is 1.59. The molecule has 156 valence electrons. The maximum Gasteiger partial charge on any atom is 0.271 e. The Bertz CT molecular complexity index is 1110. The molecule has 1 amide bonds. The lowest BCUT2D eigenvalue weighted by atomic mass is 10.0. The molecule has 5 rings (SSSR count). The minimum absolute atomic E-state index is 0.0982. The van der Waals surface area contributed by atoms with Gasteiger partial charge in [0.05, 0.1) is 0 Å². The lowest BCUT2D eigenvalue weighted by molar-refractivity contribution is 0.0907. The largest absolute Gasteiger partial charge is 0.349 e. The third-order valence-electron chi connectivity index (χ3n) is 6.22. The number of nitrogens with one attached hydrogen (secondary N) is 1. The Balaban J connectivity index is 1.25. The van der Waals surface area contributed by atoms with Crippen LogP contribution in [0.15, 0.2) is 41.3 Å². The summed E-state index contributed by atoms with van der Waals surface area (Å²) in [7, 11) is 0. The minimum Gasteiger partial charge on any atom is -0.349 e. The van der Waals surface area contributed by atoms with Gasteiger partial charge in [-0.05, 0) is 44.1 Å². The lowest BCUT2D eigenvalue weighted by Crippen LogP contribution is -2.45. The molecule has 1 aliphatic carbocycles. The molecule has 1 saturated heterocycles. The van der Waals surface area contributed by atoms with Crippen LogP contribution in [0, 0.1) is 0 Å². The highest BCUT2D eigenvalue weighted by atomic mass is 32.1. The van der Waals surface area contributed by atoms with Gasteiger partial charge in [0.15, 0.2) is 4.96 Å². The molecule has 0 radical (unpaired) electrons. The highest BCUT2D eigenvalue weighted by Crippen LogP contribution is 2.28. The third kappa shape index (κ3) is 3.79. The summed E-state index contributed by atoms with van der Waals surface area (Å²) in [5.74, 6) is -0.292. The molecule has 0 unspecified atom stereocenters. The van der Waals surface area contributed by atoms with Crippen LogP contribution in [0.25, 0.3) is 4.96 Å². The summed E-state index contributed by atoms with van der Waals surface area (Å²) in [6.45, 7) is 2.81. The Labute approximate surface area is 179 Å². The summed E-state index contributed by atoms with van der Waals surface area (Å²) in [5.41, 5.74) is 2.30. The van der Waals surface area contributed by atoms with Crippen molar-refractivity contribution >= 4 is 22.2 Å². The van der Waals surface area contributed by atoms with Crippen LogP contribution in [0.1, 0.15) is 52.2 Å². The number of benzene rings is 1. The predicted molar refractivity (Wildman–Crippen MR) is 118 cm³/mol. The number of nitrogens with zero attached hydrogens (tertiary/aromatic N) is 3. The average Bonchev–Trinajstić information content (AvgIpc) is 3.15. The maximum absolute atomic E-state index is 13.1. The molecule has 6 nitrogen and oxygen atoms in total. The SMILES string of the molecule is O=C(NC1CCN(Cc2ccccc2)CC1)c1cnc2sc3c(n2c1=O)CCCC3. The molecule has 3 aromatic rings. The van der Waals surface area contributed by atoms with Gasteiger partial charge in [0, 0.05) is 42.4 Å². The number of piperidine rings is 1. The second kappa shape index (κ2) is 8.32. The van der Waals surface area contributed by atoms with Gasteiger partial charge in [0.2, 0.25) is 0 Å². The van der Waals surface area contributed by atoms with Crippen LogP contribution in [0.5, 0.6) is 0 Å². The van der Waals surface area contributed by atoms with Crippen LogP contribution >= 0.6 is 11.3 Å². The van der Waals surface area contributed by atoms with Crippen molar-refractivity contribution in [3.63, 3.8) is 0 Å². The Morgan fingerprint density at radius 2 is 1.90 bits per heavy atom. The van der Waals surface area contributed by atoms with Crippen LogP contribution in [-0.4, -0.2) is 39.3 Å². The highest BCUT2D eigenvalue weighted by molar-refractivity contribution is 7.17. The molecule has 0 atom stereocenters. The molecule has 0 saturated carbocycles. The number of aryl methyl sites for hydroxylation is 2. The van der Waals surface area contributed by atoms with E-state index in [-0.39, 0.29) is 23.1 Å². The van der Waals surface area contributed by atoms with Crippen molar-refractivity contribution in [1.29, 1.82) is 0 Å². The van der Waals surface area contributed by atoms with E-state index >= 15 is 0 Å². The molecule has 7 heteroatoms. The third-order valence-corrected chi connectivity index (χ3v) is 7.38. The van der Waals surface area contributed by atoms with Gasteiger partial charge in [-0.1, -0.05) is 30.3 Å². The Morgan fingerprint density at radius 1 is 1.13 bits per heavy atom.